The second-order valence-corrected chi connectivity index (χ2v) is 9.50. The first-order valence-electron chi connectivity index (χ1n) is 11.8. The van der Waals surface area contributed by atoms with Gasteiger partial charge in [0.2, 0.25) is 5.91 Å². The monoisotopic (exact) mass is 538 g/mol. The highest BCUT2D eigenvalue weighted by Gasteiger charge is 2.17. The summed E-state index contributed by atoms with van der Waals surface area (Å²) in [5.41, 5.74) is 1.32. The highest BCUT2D eigenvalue weighted by atomic mass is 32.2. The van der Waals surface area contributed by atoms with Crippen molar-refractivity contribution in [3.05, 3.63) is 66.2 Å². The summed E-state index contributed by atoms with van der Waals surface area (Å²) in [5.74, 6) is 0.179. The topological polar surface area (TPSA) is 122 Å². The molecule has 11 heteroatoms. The van der Waals surface area contributed by atoms with E-state index in [1.165, 1.54) is 44.2 Å². The number of nitrogens with one attached hydrogen (secondary N) is 1. The van der Waals surface area contributed by atoms with Gasteiger partial charge < -0.3 is 19.5 Å². The number of amides is 1. The lowest BCUT2D eigenvalue weighted by Gasteiger charge is -2.11. The molecule has 3 aromatic rings. The Bertz CT molecular complexity index is 1270. The molecule has 2 aromatic carbocycles. The fourth-order valence-electron chi connectivity index (χ4n) is 3.36. The number of aromatic nitrogens is 3. The van der Waals surface area contributed by atoms with Crippen LogP contribution in [0.15, 0.2) is 60.3 Å². The van der Waals surface area contributed by atoms with Crippen molar-refractivity contribution in [3.8, 4) is 17.1 Å². The molecule has 10 nitrogen and oxygen atoms in total. The van der Waals surface area contributed by atoms with Crippen LogP contribution in [0, 0.1) is 5.92 Å². The van der Waals surface area contributed by atoms with Crippen LogP contribution < -0.4 is 10.1 Å². The molecule has 0 unspecified atom stereocenters. The normalized spacial score (nSPS) is 10.7. The minimum absolute atomic E-state index is 0.00721. The third-order valence-corrected chi connectivity index (χ3v) is 6.08. The largest absolute Gasteiger partial charge is 0.493 e. The van der Waals surface area contributed by atoms with Gasteiger partial charge >= 0.3 is 11.9 Å². The maximum Gasteiger partial charge on any atom is 0.337 e. The van der Waals surface area contributed by atoms with E-state index in [2.05, 4.69) is 35.9 Å². The number of carbonyl (C=O) groups is 3. The smallest absolute Gasteiger partial charge is 0.337 e. The van der Waals surface area contributed by atoms with E-state index in [0.29, 0.717) is 30.1 Å². The van der Waals surface area contributed by atoms with Crippen LogP contribution in [-0.2, 0) is 20.8 Å². The Morgan fingerprint density at radius 2 is 1.66 bits per heavy atom. The second-order valence-electron chi connectivity index (χ2n) is 8.55. The number of nitrogens with zero attached hydrogens (tertiary/aromatic N) is 3. The Morgan fingerprint density at radius 1 is 1.03 bits per heavy atom. The molecule has 0 spiro atoms. The van der Waals surface area contributed by atoms with Gasteiger partial charge in [0, 0.05) is 17.8 Å². The summed E-state index contributed by atoms with van der Waals surface area (Å²) in [6, 6.07) is 11.8. The molecule has 0 saturated heterocycles. The Balaban J connectivity index is 1.73. The lowest BCUT2D eigenvalue weighted by Crippen LogP contribution is -2.16. The van der Waals surface area contributed by atoms with Crippen LogP contribution in [0.4, 0.5) is 5.69 Å². The average Bonchev–Trinajstić information content (AvgIpc) is 3.32. The molecule has 0 atom stereocenters. The first kappa shape index (κ1) is 28.5. The number of ether oxygens (including phenoxy) is 3. The molecule has 1 amide bonds. The molecule has 0 bridgehead atoms. The van der Waals surface area contributed by atoms with Crippen molar-refractivity contribution in [2.45, 2.75) is 25.5 Å². The summed E-state index contributed by atoms with van der Waals surface area (Å²) in [4.78, 5) is 36.7. The number of methoxy groups -OCH3 is 2. The van der Waals surface area contributed by atoms with E-state index in [0.717, 1.165) is 11.3 Å². The molecule has 1 heterocycles. The summed E-state index contributed by atoms with van der Waals surface area (Å²) in [6.07, 6.45) is 1.73. The molecule has 0 aliphatic carbocycles. The SMILES string of the molecule is C=CCn1c(SCC(=O)Nc2cc(C(=O)OC)cc(C(=O)OC)c2)nnc1-c1ccc(OCC(C)C)cc1. The number of anilines is 1. The summed E-state index contributed by atoms with van der Waals surface area (Å²) in [6.45, 7) is 9.07. The van der Waals surface area contributed by atoms with Gasteiger partial charge in [0.15, 0.2) is 11.0 Å². The van der Waals surface area contributed by atoms with Crippen molar-refractivity contribution in [2.75, 3.05) is 31.9 Å². The molecule has 1 aromatic heterocycles. The van der Waals surface area contributed by atoms with E-state index < -0.39 is 11.9 Å². The molecule has 3 rings (SSSR count). The predicted octanol–water partition coefficient (Wildman–Crippen LogP) is 4.47. The summed E-state index contributed by atoms with van der Waals surface area (Å²) in [5, 5.41) is 11.8. The van der Waals surface area contributed by atoms with Gasteiger partial charge in [-0.05, 0) is 48.4 Å². The van der Waals surface area contributed by atoms with Crippen molar-refractivity contribution < 1.29 is 28.6 Å². The lowest BCUT2D eigenvalue weighted by molar-refractivity contribution is -0.113. The van der Waals surface area contributed by atoms with Crippen LogP contribution >= 0.6 is 11.8 Å². The highest BCUT2D eigenvalue weighted by Crippen LogP contribution is 2.26. The van der Waals surface area contributed by atoms with Crippen molar-refractivity contribution >= 4 is 35.3 Å². The molecular weight excluding hydrogens is 508 g/mol. The number of esters is 2. The van der Waals surface area contributed by atoms with Gasteiger partial charge in [0.05, 0.1) is 37.7 Å². The third-order valence-electron chi connectivity index (χ3n) is 5.12. The van der Waals surface area contributed by atoms with Crippen LogP contribution in [0.5, 0.6) is 5.75 Å². The maximum absolute atomic E-state index is 12.7. The first-order valence-corrected chi connectivity index (χ1v) is 12.8. The minimum Gasteiger partial charge on any atom is -0.493 e. The van der Waals surface area contributed by atoms with E-state index >= 15 is 0 Å². The second kappa shape index (κ2) is 13.4. The van der Waals surface area contributed by atoms with Crippen LogP contribution in [0.3, 0.4) is 0 Å². The standard InChI is InChI=1S/C27H30N4O6S/c1-6-11-31-24(18-7-9-22(10-8-18)37-15-17(2)3)29-30-27(31)38-16-23(32)28-21-13-19(25(33)35-4)12-20(14-21)26(34)36-5/h6-10,12-14,17H,1,11,15-16H2,2-5H3,(H,28,32). The molecule has 1 N–H and O–H groups in total. The van der Waals surface area contributed by atoms with E-state index in [4.69, 9.17) is 14.2 Å². The van der Waals surface area contributed by atoms with Gasteiger partial charge in [-0.1, -0.05) is 31.7 Å². The Morgan fingerprint density at radius 3 is 2.21 bits per heavy atom. The molecule has 200 valence electrons. The van der Waals surface area contributed by atoms with Crippen LogP contribution in [0.2, 0.25) is 0 Å². The predicted molar refractivity (Wildman–Crippen MR) is 144 cm³/mol. The fraction of sp³-hybridized carbons (Fsp3) is 0.296. The molecule has 38 heavy (non-hydrogen) atoms. The fourth-order valence-corrected chi connectivity index (χ4v) is 4.11. The molecule has 0 fully saturated rings. The van der Waals surface area contributed by atoms with E-state index in [9.17, 15) is 14.4 Å². The van der Waals surface area contributed by atoms with Crippen molar-refractivity contribution in [1.82, 2.24) is 14.8 Å². The first-order chi connectivity index (χ1) is 18.2. The molecule has 0 aliphatic heterocycles. The maximum atomic E-state index is 12.7. The highest BCUT2D eigenvalue weighted by molar-refractivity contribution is 7.99. The van der Waals surface area contributed by atoms with E-state index in [1.807, 2.05) is 28.8 Å². The summed E-state index contributed by atoms with van der Waals surface area (Å²) < 4.78 is 17.1. The van der Waals surface area contributed by atoms with Gasteiger partial charge in [-0.15, -0.1) is 16.8 Å². The Kier molecular flexibility index (Phi) is 10.1. The van der Waals surface area contributed by atoms with E-state index in [1.54, 1.807) is 6.08 Å². The Hall–Kier alpha value is -4.12. The number of allylic oxidation sites excluding steroid dienone is 1. The van der Waals surface area contributed by atoms with Crippen LogP contribution in [0.25, 0.3) is 11.4 Å². The number of carbonyl (C=O) groups excluding carboxylic acids is 3. The number of thioether (sulfide) groups is 1. The zero-order valence-electron chi connectivity index (χ0n) is 21.7. The van der Waals surface area contributed by atoms with Gasteiger partial charge in [-0.3, -0.25) is 9.36 Å². The zero-order valence-corrected chi connectivity index (χ0v) is 22.5. The molecular formula is C27H30N4O6S. The van der Waals surface area contributed by atoms with Gasteiger partial charge in [0.25, 0.3) is 0 Å². The summed E-state index contributed by atoms with van der Waals surface area (Å²) in [7, 11) is 2.45. The van der Waals surface area contributed by atoms with Crippen molar-refractivity contribution in [3.63, 3.8) is 0 Å². The summed E-state index contributed by atoms with van der Waals surface area (Å²) >= 11 is 1.20. The Labute approximate surface area is 225 Å². The zero-order chi connectivity index (χ0) is 27.7. The number of benzene rings is 2. The number of rotatable bonds is 12. The van der Waals surface area contributed by atoms with Crippen LogP contribution in [-0.4, -0.2) is 59.2 Å². The number of hydrogen-bond donors (Lipinski definition) is 1. The third kappa shape index (κ3) is 7.45. The van der Waals surface area contributed by atoms with Gasteiger partial charge in [0.1, 0.15) is 5.75 Å². The lowest BCUT2D eigenvalue weighted by atomic mass is 10.1. The number of hydrogen-bond acceptors (Lipinski definition) is 9. The van der Waals surface area contributed by atoms with Crippen LogP contribution in [0.1, 0.15) is 34.6 Å². The van der Waals surface area contributed by atoms with Gasteiger partial charge in [-0.25, -0.2) is 9.59 Å². The van der Waals surface area contributed by atoms with Crippen molar-refractivity contribution in [1.29, 1.82) is 0 Å². The van der Waals surface area contributed by atoms with E-state index in [-0.39, 0.29) is 28.5 Å². The van der Waals surface area contributed by atoms with Gasteiger partial charge in [-0.2, -0.15) is 0 Å². The van der Waals surface area contributed by atoms with Crippen molar-refractivity contribution in [2.24, 2.45) is 5.92 Å². The quantitative estimate of drug-likeness (QED) is 0.202. The average molecular weight is 539 g/mol. The molecule has 0 saturated carbocycles. The minimum atomic E-state index is -0.648. The molecule has 0 aliphatic rings. The molecule has 0 radical (unpaired) electrons.